The summed E-state index contributed by atoms with van der Waals surface area (Å²) in [6, 6.07) is 13.7. The third kappa shape index (κ3) is 8.72. The molecule has 176 valence electrons. The normalized spacial score (nSPS) is 18.7. The van der Waals surface area contributed by atoms with E-state index in [0.717, 1.165) is 24.0 Å². The fraction of sp³-hybridized carbons (Fsp3) is 0.645. The van der Waals surface area contributed by atoms with Crippen LogP contribution in [0.1, 0.15) is 115 Å². The van der Waals surface area contributed by atoms with E-state index < -0.39 is 0 Å². The summed E-state index contributed by atoms with van der Waals surface area (Å²) in [5.41, 5.74) is 5.22. The molecule has 3 rings (SSSR count). The van der Waals surface area contributed by atoms with Crippen molar-refractivity contribution in [2.75, 3.05) is 0 Å². The van der Waals surface area contributed by atoms with E-state index in [1.165, 1.54) is 113 Å². The molecule has 1 nitrogen and oxygen atoms in total. The van der Waals surface area contributed by atoms with E-state index in [4.69, 9.17) is 4.98 Å². The Balaban J connectivity index is 1.38. The summed E-state index contributed by atoms with van der Waals surface area (Å²) in [7, 11) is 0. The van der Waals surface area contributed by atoms with Crippen LogP contribution < -0.4 is 0 Å². The number of hydrogen-bond acceptors (Lipinski definition) is 1. The SMILES string of the molecule is CCCCCCCc1ccc(-c2ccc(CCC3CCC(CCCCC)CC3)cc2)nc1. The van der Waals surface area contributed by atoms with E-state index in [1.54, 1.807) is 0 Å². The molecule has 0 spiro atoms. The minimum atomic E-state index is 0.952. The maximum Gasteiger partial charge on any atom is 0.0702 e. The molecular weight excluding hydrogens is 386 g/mol. The Hall–Kier alpha value is -1.63. The van der Waals surface area contributed by atoms with Crippen LogP contribution in [0.4, 0.5) is 0 Å². The lowest BCUT2D eigenvalue weighted by atomic mass is 9.78. The zero-order valence-corrected chi connectivity index (χ0v) is 21.0. The van der Waals surface area contributed by atoms with Crippen LogP contribution in [-0.4, -0.2) is 4.98 Å². The van der Waals surface area contributed by atoms with E-state index in [9.17, 15) is 0 Å². The van der Waals surface area contributed by atoms with Crippen LogP contribution in [0.2, 0.25) is 0 Å². The van der Waals surface area contributed by atoms with E-state index in [2.05, 4.69) is 56.4 Å². The highest BCUT2D eigenvalue weighted by Gasteiger charge is 2.20. The Morgan fingerprint density at radius 1 is 0.625 bits per heavy atom. The van der Waals surface area contributed by atoms with Gasteiger partial charge in [0.15, 0.2) is 0 Å². The minimum absolute atomic E-state index is 0.952. The number of nitrogens with zero attached hydrogens (tertiary/aromatic N) is 1. The van der Waals surface area contributed by atoms with Crippen molar-refractivity contribution in [3.63, 3.8) is 0 Å². The topological polar surface area (TPSA) is 12.9 Å². The third-order valence-electron chi connectivity index (χ3n) is 7.67. The molecule has 0 N–H and O–H groups in total. The van der Waals surface area contributed by atoms with Crippen molar-refractivity contribution in [3.8, 4) is 11.3 Å². The minimum Gasteiger partial charge on any atom is -0.256 e. The lowest BCUT2D eigenvalue weighted by molar-refractivity contribution is 0.249. The van der Waals surface area contributed by atoms with Crippen LogP contribution in [0.25, 0.3) is 11.3 Å². The lowest BCUT2D eigenvalue weighted by Crippen LogP contribution is -2.15. The first-order valence-corrected chi connectivity index (χ1v) is 13.8. The number of aryl methyl sites for hydroxylation is 2. The van der Waals surface area contributed by atoms with Gasteiger partial charge in [-0.3, -0.25) is 4.98 Å². The first kappa shape index (κ1) is 25.0. The maximum absolute atomic E-state index is 4.75. The maximum atomic E-state index is 4.75. The molecule has 2 aromatic rings. The number of hydrogen-bond donors (Lipinski definition) is 0. The number of pyridine rings is 1. The van der Waals surface area contributed by atoms with Crippen molar-refractivity contribution in [2.45, 2.75) is 117 Å². The predicted octanol–water partition coefficient (Wildman–Crippen LogP) is 9.58. The van der Waals surface area contributed by atoms with Gasteiger partial charge in [0.25, 0.3) is 0 Å². The van der Waals surface area contributed by atoms with E-state index >= 15 is 0 Å². The second-order valence-electron chi connectivity index (χ2n) is 10.3. The summed E-state index contributed by atoms with van der Waals surface area (Å²) < 4.78 is 0. The Labute approximate surface area is 198 Å². The van der Waals surface area contributed by atoms with Crippen molar-refractivity contribution in [1.29, 1.82) is 0 Å². The molecule has 0 saturated heterocycles. The quantitative estimate of drug-likeness (QED) is 0.270. The van der Waals surface area contributed by atoms with Crippen molar-refractivity contribution < 1.29 is 0 Å². The van der Waals surface area contributed by atoms with Gasteiger partial charge in [0.2, 0.25) is 0 Å². The molecule has 1 aliphatic rings. The highest BCUT2D eigenvalue weighted by Crippen LogP contribution is 2.34. The number of aromatic nitrogens is 1. The summed E-state index contributed by atoms with van der Waals surface area (Å²) in [5, 5.41) is 0. The molecule has 1 fully saturated rings. The van der Waals surface area contributed by atoms with Gasteiger partial charge in [0, 0.05) is 11.8 Å². The molecule has 0 amide bonds. The zero-order valence-electron chi connectivity index (χ0n) is 21.0. The van der Waals surface area contributed by atoms with Gasteiger partial charge in [-0.25, -0.2) is 0 Å². The van der Waals surface area contributed by atoms with E-state index in [1.807, 2.05) is 0 Å². The van der Waals surface area contributed by atoms with Gasteiger partial charge in [-0.2, -0.15) is 0 Å². The molecule has 1 aliphatic carbocycles. The highest BCUT2D eigenvalue weighted by atomic mass is 14.7. The molecule has 1 heterocycles. The van der Waals surface area contributed by atoms with E-state index in [0.29, 0.717) is 0 Å². The predicted molar refractivity (Wildman–Crippen MR) is 140 cm³/mol. The average molecular weight is 434 g/mol. The van der Waals surface area contributed by atoms with Gasteiger partial charge < -0.3 is 0 Å². The van der Waals surface area contributed by atoms with Crippen molar-refractivity contribution in [1.82, 2.24) is 4.98 Å². The van der Waals surface area contributed by atoms with Gasteiger partial charge in [-0.05, 0) is 54.7 Å². The summed E-state index contributed by atoms with van der Waals surface area (Å²) in [6.45, 7) is 4.59. The summed E-state index contributed by atoms with van der Waals surface area (Å²) >= 11 is 0. The molecule has 1 saturated carbocycles. The van der Waals surface area contributed by atoms with Crippen molar-refractivity contribution >= 4 is 0 Å². The highest BCUT2D eigenvalue weighted by molar-refractivity contribution is 5.59. The molecule has 1 aromatic carbocycles. The molecule has 1 aromatic heterocycles. The number of benzene rings is 1. The summed E-state index contributed by atoms with van der Waals surface area (Å²) in [4.78, 5) is 4.75. The van der Waals surface area contributed by atoms with Gasteiger partial charge in [0.1, 0.15) is 0 Å². The molecule has 0 unspecified atom stereocenters. The second-order valence-corrected chi connectivity index (χ2v) is 10.3. The van der Waals surface area contributed by atoms with E-state index in [-0.39, 0.29) is 0 Å². The van der Waals surface area contributed by atoms with Crippen LogP contribution in [0.5, 0.6) is 0 Å². The largest absolute Gasteiger partial charge is 0.256 e. The number of rotatable bonds is 14. The van der Waals surface area contributed by atoms with Crippen molar-refractivity contribution in [3.05, 3.63) is 53.7 Å². The number of unbranched alkanes of at least 4 members (excludes halogenated alkanes) is 6. The lowest BCUT2D eigenvalue weighted by Gasteiger charge is -2.28. The standard InChI is InChI=1S/C31H47N/c1-3-5-7-8-10-12-29-21-24-31(32-25-29)30-22-19-28(20-23-30)18-17-27-15-13-26(14-16-27)11-9-6-4-2/h19-27H,3-18H2,1-2H3. The Morgan fingerprint density at radius 2 is 1.25 bits per heavy atom. The smallest absolute Gasteiger partial charge is 0.0702 e. The zero-order chi connectivity index (χ0) is 22.4. The first-order chi connectivity index (χ1) is 15.8. The fourth-order valence-corrected chi connectivity index (χ4v) is 5.38. The van der Waals surface area contributed by atoms with Crippen LogP contribution in [0, 0.1) is 11.8 Å². The monoisotopic (exact) mass is 433 g/mol. The van der Waals surface area contributed by atoms with Crippen molar-refractivity contribution in [2.24, 2.45) is 11.8 Å². The average Bonchev–Trinajstić information content (AvgIpc) is 2.84. The van der Waals surface area contributed by atoms with Crippen LogP contribution in [-0.2, 0) is 12.8 Å². The molecule has 0 bridgehead atoms. The fourth-order valence-electron chi connectivity index (χ4n) is 5.38. The molecule has 32 heavy (non-hydrogen) atoms. The van der Waals surface area contributed by atoms with Crippen LogP contribution >= 0.6 is 0 Å². The molecule has 1 heteroatoms. The molecule has 0 radical (unpaired) electrons. The molecule has 0 aliphatic heterocycles. The van der Waals surface area contributed by atoms with Gasteiger partial charge in [-0.1, -0.05) is 121 Å². The molecular formula is C31H47N. The Bertz CT molecular complexity index is 722. The third-order valence-corrected chi connectivity index (χ3v) is 7.67. The van der Waals surface area contributed by atoms with Crippen LogP contribution in [0.15, 0.2) is 42.6 Å². The summed E-state index contributed by atoms with van der Waals surface area (Å²) in [5.74, 6) is 1.98. The van der Waals surface area contributed by atoms with Gasteiger partial charge >= 0.3 is 0 Å². The Kier molecular flexibility index (Phi) is 11.3. The second kappa shape index (κ2) is 14.5. The van der Waals surface area contributed by atoms with Gasteiger partial charge in [-0.15, -0.1) is 0 Å². The van der Waals surface area contributed by atoms with Gasteiger partial charge in [0.05, 0.1) is 5.69 Å². The Morgan fingerprint density at radius 3 is 1.91 bits per heavy atom. The first-order valence-electron chi connectivity index (χ1n) is 13.8. The molecule has 0 atom stereocenters. The van der Waals surface area contributed by atoms with Crippen LogP contribution in [0.3, 0.4) is 0 Å². The summed E-state index contributed by atoms with van der Waals surface area (Å²) in [6.07, 6.45) is 24.1.